The topological polar surface area (TPSA) is 57.5 Å². The molecular weight excluding hydrogens is 302 g/mol. The van der Waals surface area contributed by atoms with Crippen LogP contribution in [0.3, 0.4) is 0 Å². The number of nitrogens with one attached hydrogen (secondary N) is 1. The Hall–Kier alpha value is -1.98. The number of aliphatic hydroxyl groups excluding tert-OH is 1. The van der Waals surface area contributed by atoms with Crippen LogP contribution in [0.15, 0.2) is 42.7 Å². The Morgan fingerprint density at radius 2 is 2.09 bits per heavy atom. The van der Waals surface area contributed by atoms with Gasteiger partial charge in [0.2, 0.25) is 0 Å². The Labute approximate surface area is 135 Å². The lowest BCUT2D eigenvalue weighted by Crippen LogP contribution is -2.33. The summed E-state index contributed by atoms with van der Waals surface area (Å²) in [5.41, 5.74) is 1.48. The van der Waals surface area contributed by atoms with Gasteiger partial charge in [0.1, 0.15) is 0 Å². The highest BCUT2D eigenvalue weighted by molar-refractivity contribution is 6.30. The largest absolute Gasteiger partial charge is 0.393 e. The van der Waals surface area contributed by atoms with Crippen LogP contribution in [0.1, 0.15) is 13.3 Å². The maximum atomic E-state index is 12.2. The van der Waals surface area contributed by atoms with Gasteiger partial charge in [0.05, 0.1) is 17.5 Å². The summed E-state index contributed by atoms with van der Waals surface area (Å²) in [6.45, 7) is 2.19. The van der Waals surface area contributed by atoms with Crippen molar-refractivity contribution in [2.45, 2.75) is 19.4 Å². The number of hydrogen-bond donors (Lipinski definition) is 2. The SMILES string of the molecule is CC(O)CCN(C)C(=O)Nc1ccc(Cl)cc1-n1cccc1. The van der Waals surface area contributed by atoms with Crippen molar-refractivity contribution in [3.63, 3.8) is 0 Å². The highest BCUT2D eigenvalue weighted by atomic mass is 35.5. The summed E-state index contributed by atoms with van der Waals surface area (Å²) >= 11 is 6.05. The third kappa shape index (κ3) is 4.26. The molecule has 1 unspecified atom stereocenters. The predicted molar refractivity (Wildman–Crippen MR) is 88.7 cm³/mol. The van der Waals surface area contributed by atoms with E-state index in [0.29, 0.717) is 23.7 Å². The molecule has 0 spiro atoms. The molecule has 0 aliphatic rings. The van der Waals surface area contributed by atoms with E-state index in [4.69, 9.17) is 11.6 Å². The minimum Gasteiger partial charge on any atom is -0.393 e. The molecule has 5 nitrogen and oxygen atoms in total. The van der Waals surface area contributed by atoms with Crippen molar-refractivity contribution >= 4 is 23.3 Å². The van der Waals surface area contributed by atoms with E-state index in [0.717, 1.165) is 5.69 Å². The number of aliphatic hydroxyl groups is 1. The van der Waals surface area contributed by atoms with Crippen LogP contribution in [0, 0.1) is 0 Å². The molecule has 118 valence electrons. The number of aromatic nitrogens is 1. The van der Waals surface area contributed by atoms with Gasteiger partial charge in [0.15, 0.2) is 0 Å². The second kappa shape index (κ2) is 7.33. The lowest BCUT2D eigenvalue weighted by molar-refractivity contribution is 0.167. The van der Waals surface area contributed by atoms with E-state index in [2.05, 4.69) is 5.32 Å². The van der Waals surface area contributed by atoms with Crippen molar-refractivity contribution < 1.29 is 9.90 Å². The van der Waals surface area contributed by atoms with Crippen LogP contribution in [0.25, 0.3) is 5.69 Å². The number of anilines is 1. The predicted octanol–water partition coefficient (Wildman–Crippen LogP) is 3.37. The first kappa shape index (κ1) is 16.4. The smallest absolute Gasteiger partial charge is 0.321 e. The van der Waals surface area contributed by atoms with E-state index in [1.165, 1.54) is 0 Å². The summed E-state index contributed by atoms with van der Waals surface area (Å²) in [4.78, 5) is 13.8. The van der Waals surface area contributed by atoms with Crippen LogP contribution in [0.5, 0.6) is 0 Å². The quantitative estimate of drug-likeness (QED) is 0.887. The van der Waals surface area contributed by atoms with E-state index < -0.39 is 6.10 Å². The fourth-order valence-electron chi connectivity index (χ4n) is 2.01. The molecule has 2 amide bonds. The van der Waals surface area contributed by atoms with Crippen molar-refractivity contribution in [3.8, 4) is 5.69 Å². The molecule has 2 rings (SSSR count). The third-order valence-corrected chi connectivity index (χ3v) is 3.55. The highest BCUT2D eigenvalue weighted by Crippen LogP contribution is 2.25. The first-order chi connectivity index (χ1) is 10.5. The molecule has 1 aromatic heterocycles. The van der Waals surface area contributed by atoms with E-state index in [1.807, 2.05) is 29.1 Å². The number of rotatable bonds is 5. The molecule has 2 aromatic rings. The summed E-state index contributed by atoms with van der Waals surface area (Å²) in [5, 5.41) is 12.8. The Balaban J connectivity index is 2.14. The molecule has 1 atom stereocenters. The number of hydrogen-bond acceptors (Lipinski definition) is 2. The summed E-state index contributed by atoms with van der Waals surface area (Å²) in [5.74, 6) is 0. The van der Waals surface area contributed by atoms with E-state index in [9.17, 15) is 9.90 Å². The Kier molecular flexibility index (Phi) is 5.46. The monoisotopic (exact) mass is 321 g/mol. The molecule has 0 aliphatic heterocycles. The molecule has 0 saturated carbocycles. The van der Waals surface area contributed by atoms with E-state index in [1.54, 1.807) is 37.1 Å². The number of halogens is 1. The fraction of sp³-hybridized carbons (Fsp3) is 0.312. The zero-order valence-corrected chi connectivity index (χ0v) is 13.4. The van der Waals surface area contributed by atoms with Gasteiger partial charge in [-0.3, -0.25) is 0 Å². The summed E-state index contributed by atoms with van der Waals surface area (Å²) in [7, 11) is 1.70. The first-order valence-electron chi connectivity index (χ1n) is 7.10. The van der Waals surface area contributed by atoms with E-state index in [-0.39, 0.29) is 6.03 Å². The van der Waals surface area contributed by atoms with Crippen LogP contribution in [0.4, 0.5) is 10.5 Å². The standard InChI is InChI=1S/C16H20ClN3O2/c1-12(21)7-10-19(2)16(22)18-14-6-5-13(17)11-15(14)20-8-3-4-9-20/h3-6,8-9,11-12,21H,7,10H2,1-2H3,(H,18,22). The van der Waals surface area contributed by atoms with Gasteiger partial charge in [0, 0.05) is 31.0 Å². The number of carbonyl (C=O) groups excluding carboxylic acids is 1. The van der Waals surface area contributed by atoms with Crippen LogP contribution < -0.4 is 5.32 Å². The summed E-state index contributed by atoms with van der Waals surface area (Å²) < 4.78 is 1.89. The molecule has 0 bridgehead atoms. The average Bonchev–Trinajstić information content (AvgIpc) is 3.00. The van der Waals surface area contributed by atoms with Crippen molar-refractivity contribution in [1.29, 1.82) is 0 Å². The van der Waals surface area contributed by atoms with Crippen molar-refractivity contribution in [2.24, 2.45) is 0 Å². The molecule has 1 aromatic carbocycles. The Morgan fingerprint density at radius 1 is 1.41 bits per heavy atom. The number of benzene rings is 1. The van der Waals surface area contributed by atoms with Gasteiger partial charge < -0.3 is 19.9 Å². The van der Waals surface area contributed by atoms with Crippen LogP contribution in [0.2, 0.25) is 5.02 Å². The zero-order valence-electron chi connectivity index (χ0n) is 12.7. The Morgan fingerprint density at radius 3 is 2.73 bits per heavy atom. The van der Waals surface area contributed by atoms with Gasteiger partial charge in [-0.1, -0.05) is 11.6 Å². The molecule has 1 heterocycles. The third-order valence-electron chi connectivity index (χ3n) is 3.31. The minimum atomic E-state index is -0.429. The molecule has 0 saturated heterocycles. The normalized spacial score (nSPS) is 12.0. The van der Waals surface area contributed by atoms with Crippen LogP contribution in [-0.4, -0.2) is 40.3 Å². The van der Waals surface area contributed by atoms with Crippen molar-refractivity contribution in [2.75, 3.05) is 18.9 Å². The molecule has 0 radical (unpaired) electrons. The van der Waals surface area contributed by atoms with Crippen molar-refractivity contribution in [3.05, 3.63) is 47.7 Å². The number of amides is 2. The second-order valence-electron chi connectivity index (χ2n) is 5.24. The zero-order chi connectivity index (χ0) is 16.1. The molecule has 22 heavy (non-hydrogen) atoms. The van der Waals surface area contributed by atoms with Crippen molar-refractivity contribution in [1.82, 2.24) is 9.47 Å². The Bertz CT molecular complexity index is 626. The van der Waals surface area contributed by atoms with Gasteiger partial charge >= 0.3 is 6.03 Å². The highest BCUT2D eigenvalue weighted by Gasteiger charge is 2.13. The van der Waals surface area contributed by atoms with Crippen LogP contribution >= 0.6 is 11.6 Å². The number of urea groups is 1. The van der Waals surface area contributed by atoms with E-state index >= 15 is 0 Å². The summed E-state index contributed by atoms with van der Waals surface area (Å²) in [6, 6.07) is 8.89. The van der Waals surface area contributed by atoms with Gasteiger partial charge in [-0.15, -0.1) is 0 Å². The fourth-order valence-corrected chi connectivity index (χ4v) is 2.18. The average molecular weight is 322 g/mol. The van der Waals surface area contributed by atoms with Gasteiger partial charge in [-0.05, 0) is 43.7 Å². The molecule has 6 heteroatoms. The van der Waals surface area contributed by atoms with Gasteiger partial charge in [0.25, 0.3) is 0 Å². The van der Waals surface area contributed by atoms with Gasteiger partial charge in [-0.25, -0.2) is 4.79 Å². The molecule has 2 N–H and O–H groups in total. The molecule has 0 fully saturated rings. The molecule has 0 aliphatic carbocycles. The number of carbonyl (C=O) groups is 1. The minimum absolute atomic E-state index is 0.226. The first-order valence-corrected chi connectivity index (χ1v) is 7.48. The maximum Gasteiger partial charge on any atom is 0.321 e. The number of nitrogens with zero attached hydrogens (tertiary/aromatic N) is 2. The second-order valence-corrected chi connectivity index (χ2v) is 5.68. The summed E-state index contributed by atoms with van der Waals surface area (Å²) in [6.07, 6.45) is 3.88. The lowest BCUT2D eigenvalue weighted by Gasteiger charge is -2.20. The van der Waals surface area contributed by atoms with Gasteiger partial charge in [-0.2, -0.15) is 0 Å². The van der Waals surface area contributed by atoms with Crippen LogP contribution in [-0.2, 0) is 0 Å². The maximum absolute atomic E-state index is 12.2. The molecular formula is C16H20ClN3O2. The lowest BCUT2D eigenvalue weighted by atomic mass is 10.2.